The Morgan fingerprint density at radius 1 is 1.25 bits per heavy atom. The molecular weight excluding hydrogens is 254 g/mol. The van der Waals surface area contributed by atoms with Crippen molar-refractivity contribution in [3.63, 3.8) is 0 Å². The average Bonchev–Trinajstić information content (AvgIpc) is 2.44. The van der Waals surface area contributed by atoms with Gasteiger partial charge in [0.15, 0.2) is 0 Å². The van der Waals surface area contributed by atoms with Crippen LogP contribution in [0.4, 0.5) is 11.6 Å². The molecule has 1 aromatic rings. The molecule has 0 atom stereocenters. The number of hydrogen-bond acceptors (Lipinski definition) is 5. The van der Waals surface area contributed by atoms with Gasteiger partial charge >= 0.3 is 0 Å². The fourth-order valence-electron chi connectivity index (χ4n) is 2.29. The van der Waals surface area contributed by atoms with E-state index in [9.17, 15) is 4.79 Å². The van der Waals surface area contributed by atoms with Crippen LogP contribution in [0.1, 0.15) is 25.2 Å². The minimum Gasteiger partial charge on any atom is -0.370 e. The third kappa shape index (κ3) is 2.84. The van der Waals surface area contributed by atoms with Gasteiger partial charge in [0.2, 0.25) is 5.91 Å². The molecule has 0 radical (unpaired) electrons. The first kappa shape index (κ1) is 14.6. The van der Waals surface area contributed by atoms with E-state index in [-0.39, 0.29) is 5.91 Å². The van der Waals surface area contributed by atoms with Gasteiger partial charge in [-0.2, -0.15) is 0 Å². The zero-order valence-electron chi connectivity index (χ0n) is 12.7. The Labute approximate surface area is 120 Å². The first-order chi connectivity index (χ1) is 9.56. The van der Waals surface area contributed by atoms with Gasteiger partial charge in [0, 0.05) is 38.7 Å². The number of aromatic nitrogens is 2. The lowest BCUT2D eigenvalue weighted by Crippen LogP contribution is -2.49. The molecule has 6 nitrogen and oxygen atoms in total. The van der Waals surface area contributed by atoms with Gasteiger partial charge in [-0.15, -0.1) is 0 Å². The number of aryl methyl sites for hydroxylation is 1. The highest BCUT2D eigenvalue weighted by Crippen LogP contribution is 2.24. The Morgan fingerprint density at radius 2 is 2.00 bits per heavy atom. The van der Waals surface area contributed by atoms with Crippen molar-refractivity contribution in [3.05, 3.63) is 11.4 Å². The Morgan fingerprint density at radius 3 is 2.60 bits per heavy atom. The number of anilines is 2. The molecule has 0 spiro atoms. The Kier molecular flexibility index (Phi) is 4.42. The largest absolute Gasteiger partial charge is 0.370 e. The van der Waals surface area contributed by atoms with Crippen molar-refractivity contribution in [2.24, 2.45) is 0 Å². The van der Waals surface area contributed by atoms with E-state index in [1.165, 1.54) is 0 Å². The summed E-state index contributed by atoms with van der Waals surface area (Å²) in [6.07, 6.45) is 0.785. The fraction of sp³-hybridized carbons (Fsp3) is 0.643. The Balaban J connectivity index is 2.34. The lowest BCUT2D eigenvalue weighted by Gasteiger charge is -2.33. The van der Waals surface area contributed by atoms with Gasteiger partial charge in [0.05, 0.1) is 6.54 Å². The number of carbonyl (C=O) groups excluding carboxylic acids is 1. The molecular formula is C14H23N5O. The molecule has 1 N–H and O–H groups in total. The molecule has 0 aliphatic carbocycles. The Bertz CT molecular complexity index is 503. The second kappa shape index (κ2) is 6.07. The standard InChI is InChI=1S/C14H23N5O/c1-5-11-16-13(15-6-2)10(3)14(17-11)19-8-7-18(4)12(20)9-19/h5-9H2,1-4H3,(H,15,16,17). The summed E-state index contributed by atoms with van der Waals surface area (Å²) in [4.78, 5) is 24.8. The molecule has 1 amide bonds. The predicted molar refractivity (Wildman–Crippen MR) is 80.2 cm³/mol. The maximum atomic E-state index is 11.9. The molecule has 1 aliphatic rings. The number of rotatable bonds is 4. The van der Waals surface area contributed by atoms with Gasteiger partial charge in [-0.1, -0.05) is 6.92 Å². The number of hydrogen-bond donors (Lipinski definition) is 1. The van der Waals surface area contributed by atoms with E-state index in [1.807, 2.05) is 27.8 Å². The third-order valence-electron chi connectivity index (χ3n) is 3.58. The van der Waals surface area contributed by atoms with Crippen LogP contribution < -0.4 is 10.2 Å². The van der Waals surface area contributed by atoms with Gasteiger partial charge in [-0.25, -0.2) is 9.97 Å². The molecule has 1 aliphatic heterocycles. The highest BCUT2D eigenvalue weighted by molar-refractivity contribution is 5.82. The molecule has 0 bridgehead atoms. The van der Waals surface area contributed by atoms with Crippen LogP contribution in [0.2, 0.25) is 0 Å². The smallest absolute Gasteiger partial charge is 0.241 e. The van der Waals surface area contributed by atoms with E-state index in [0.717, 1.165) is 49.1 Å². The molecule has 110 valence electrons. The quantitative estimate of drug-likeness (QED) is 0.891. The van der Waals surface area contributed by atoms with Gasteiger partial charge in [0.1, 0.15) is 17.5 Å². The summed E-state index contributed by atoms with van der Waals surface area (Å²) in [5, 5.41) is 3.28. The second-order valence-corrected chi connectivity index (χ2v) is 5.06. The lowest BCUT2D eigenvalue weighted by molar-refractivity contribution is -0.129. The predicted octanol–water partition coefficient (Wildman–Crippen LogP) is 1.06. The molecule has 2 heterocycles. The maximum absolute atomic E-state index is 11.9. The van der Waals surface area contributed by atoms with Crippen molar-refractivity contribution < 1.29 is 4.79 Å². The number of piperazine rings is 1. The highest BCUT2D eigenvalue weighted by atomic mass is 16.2. The molecule has 1 aromatic heterocycles. The van der Waals surface area contributed by atoms with Gasteiger partial charge < -0.3 is 15.1 Å². The zero-order valence-corrected chi connectivity index (χ0v) is 12.7. The van der Waals surface area contributed by atoms with Crippen LogP contribution in [-0.4, -0.2) is 54.0 Å². The summed E-state index contributed by atoms with van der Waals surface area (Å²) in [5.41, 5.74) is 1.02. The summed E-state index contributed by atoms with van der Waals surface area (Å²) in [5.74, 6) is 2.71. The average molecular weight is 277 g/mol. The molecule has 1 fully saturated rings. The topological polar surface area (TPSA) is 61.4 Å². The van der Waals surface area contributed by atoms with Crippen molar-refractivity contribution in [2.45, 2.75) is 27.2 Å². The number of carbonyl (C=O) groups is 1. The van der Waals surface area contributed by atoms with E-state index in [4.69, 9.17) is 0 Å². The Hall–Kier alpha value is -1.85. The van der Waals surface area contributed by atoms with Crippen molar-refractivity contribution in [3.8, 4) is 0 Å². The normalized spacial score (nSPS) is 15.7. The first-order valence-corrected chi connectivity index (χ1v) is 7.17. The molecule has 0 aromatic carbocycles. The summed E-state index contributed by atoms with van der Waals surface area (Å²) >= 11 is 0. The first-order valence-electron chi connectivity index (χ1n) is 7.17. The number of likely N-dealkylation sites (N-methyl/N-ethyl adjacent to an activating group) is 1. The van der Waals surface area contributed by atoms with E-state index >= 15 is 0 Å². The summed E-state index contributed by atoms with van der Waals surface area (Å²) in [6.45, 7) is 8.86. The minimum atomic E-state index is 0.136. The van der Waals surface area contributed by atoms with Crippen LogP contribution in [-0.2, 0) is 11.2 Å². The van der Waals surface area contributed by atoms with Crippen LogP contribution in [0.3, 0.4) is 0 Å². The monoisotopic (exact) mass is 277 g/mol. The molecule has 2 rings (SSSR count). The maximum Gasteiger partial charge on any atom is 0.241 e. The van der Waals surface area contributed by atoms with E-state index in [0.29, 0.717) is 6.54 Å². The molecule has 6 heteroatoms. The fourth-order valence-corrected chi connectivity index (χ4v) is 2.29. The summed E-state index contributed by atoms with van der Waals surface area (Å²) in [7, 11) is 1.84. The van der Waals surface area contributed by atoms with Crippen LogP contribution in [0.15, 0.2) is 0 Å². The molecule has 20 heavy (non-hydrogen) atoms. The van der Waals surface area contributed by atoms with Crippen molar-refractivity contribution in [1.29, 1.82) is 0 Å². The SMILES string of the molecule is CCNc1nc(CC)nc(N2CCN(C)C(=O)C2)c1C. The second-order valence-electron chi connectivity index (χ2n) is 5.06. The van der Waals surface area contributed by atoms with Crippen LogP contribution in [0, 0.1) is 6.92 Å². The van der Waals surface area contributed by atoms with Crippen LogP contribution >= 0.6 is 0 Å². The third-order valence-corrected chi connectivity index (χ3v) is 3.58. The van der Waals surface area contributed by atoms with E-state index in [2.05, 4.69) is 20.2 Å². The molecule has 0 unspecified atom stereocenters. The zero-order chi connectivity index (χ0) is 14.7. The summed E-state index contributed by atoms with van der Waals surface area (Å²) in [6, 6.07) is 0. The van der Waals surface area contributed by atoms with Gasteiger partial charge in [-0.3, -0.25) is 4.79 Å². The van der Waals surface area contributed by atoms with Crippen molar-refractivity contribution >= 4 is 17.5 Å². The van der Waals surface area contributed by atoms with Crippen molar-refractivity contribution in [1.82, 2.24) is 14.9 Å². The minimum absolute atomic E-state index is 0.136. The van der Waals surface area contributed by atoms with Crippen LogP contribution in [0.5, 0.6) is 0 Å². The lowest BCUT2D eigenvalue weighted by atomic mass is 10.2. The number of nitrogens with zero attached hydrogens (tertiary/aromatic N) is 4. The van der Waals surface area contributed by atoms with E-state index < -0.39 is 0 Å². The number of nitrogens with one attached hydrogen (secondary N) is 1. The molecule has 1 saturated heterocycles. The summed E-state index contributed by atoms with van der Waals surface area (Å²) < 4.78 is 0. The van der Waals surface area contributed by atoms with Crippen LogP contribution in [0.25, 0.3) is 0 Å². The molecule has 0 saturated carbocycles. The van der Waals surface area contributed by atoms with Crippen molar-refractivity contribution in [2.75, 3.05) is 43.4 Å². The number of amides is 1. The van der Waals surface area contributed by atoms with Gasteiger partial charge in [-0.05, 0) is 13.8 Å². The van der Waals surface area contributed by atoms with Gasteiger partial charge in [0.25, 0.3) is 0 Å². The van der Waals surface area contributed by atoms with E-state index in [1.54, 1.807) is 4.90 Å². The highest BCUT2D eigenvalue weighted by Gasteiger charge is 2.24.